The van der Waals surface area contributed by atoms with Gasteiger partial charge in [-0.25, -0.2) is 19.9 Å². The average molecular weight is 308 g/mol. The first-order valence-electron chi connectivity index (χ1n) is 7.09. The average Bonchev–Trinajstić information content (AvgIpc) is 3.27. The van der Waals surface area contributed by atoms with E-state index in [9.17, 15) is 13.2 Å². The van der Waals surface area contributed by atoms with Crippen molar-refractivity contribution in [3.63, 3.8) is 0 Å². The molecule has 0 radical (unpaired) electrons. The van der Waals surface area contributed by atoms with Crippen molar-refractivity contribution in [2.75, 3.05) is 0 Å². The first-order chi connectivity index (χ1) is 10.3. The molecule has 0 aliphatic heterocycles. The van der Waals surface area contributed by atoms with Crippen molar-refractivity contribution in [1.82, 2.24) is 19.9 Å². The van der Waals surface area contributed by atoms with Crippen LogP contribution in [-0.2, 0) is 0 Å². The van der Waals surface area contributed by atoms with E-state index in [4.69, 9.17) is 0 Å². The molecular weight excluding hydrogens is 293 g/mol. The maximum Gasteiger partial charge on any atom is 0.389 e. The molecule has 4 nitrogen and oxygen atoms in total. The molecule has 7 heteroatoms. The molecule has 0 bridgehead atoms. The lowest BCUT2D eigenvalue weighted by Gasteiger charge is -2.11. The number of alkyl halides is 3. The fourth-order valence-electron chi connectivity index (χ4n) is 2.38. The highest BCUT2D eigenvalue weighted by molar-refractivity contribution is 5.83. The van der Waals surface area contributed by atoms with Crippen molar-refractivity contribution in [3.8, 4) is 0 Å². The summed E-state index contributed by atoms with van der Waals surface area (Å²) in [6.45, 7) is 5.61. The number of hydrogen-bond donors (Lipinski definition) is 0. The molecule has 2 aromatic heterocycles. The summed E-state index contributed by atoms with van der Waals surface area (Å²) in [6, 6.07) is 0. The number of rotatable bonds is 4. The molecule has 0 aromatic carbocycles. The van der Waals surface area contributed by atoms with Crippen molar-refractivity contribution in [3.05, 3.63) is 30.0 Å². The van der Waals surface area contributed by atoms with Gasteiger partial charge in [-0.2, -0.15) is 13.2 Å². The van der Waals surface area contributed by atoms with E-state index < -0.39 is 12.6 Å². The number of halogens is 3. The van der Waals surface area contributed by atoms with Crippen LogP contribution < -0.4 is 0 Å². The van der Waals surface area contributed by atoms with Crippen LogP contribution in [0, 0.1) is 6.92 Å². The van der Waals surface area contributed by atoms with Crippen molar-refractivity contribution < 1.29 is 13.2 Å². The van der Waals surface area contributed by atoms with Gasteiger partial charge >= 0.3 is 6.18 Å². The number of nitrogens with zero attached hydrogens (tertiary/aromatic N) is 4. The van der Waals surface area contributed by atoms with Crippen LogP contribution in [0.5, 0.6) is 0 Å². The second kappa shape index (κ2) is 5.30. The van der Waals surface area contributed by atoms with Gasteiger partial charge in [-0.05, 0) is 31.8 Å². The Hall–Kier alpha value is -2.05. The quantitative estimate of drug-likeness (QED) is 0.858. The highest BCUT2D eigenvalue weighted by Crippen LogP contribution is 2.40. The van der Waals surface area contributed by atoms with Gasteiger partial charge in [0.1, 0.15) is 11.8 Å². The lowest BCUT2D eigenvalue weighted by Crippen LogP contribution is -2.08. The van der Waals surface area contributed by atoms with Gasteiger partial charge in [0.05, 0.1) is 17.1 Å². The normalized spacial score (nSPS) is 15.3. The molecule has 1 fully saturated rings. The van der Waals surface area contributed by atoms with Crippen LogP contribution in [0.4, 0.5) is 13.2 Å². The molecule has 0 atom stereocenters. The number of allylic oxidation sites excluding steroid dienone is 1. The van der Waals surface area contributed by atoms with E-state index in [1.807, 2.05) is 6.92 Å². The molecule has 116 valence electrons. The minimum Gasteiger partial charge on any atom is -0.245 e. The Bertz CT molecular complexity index is 735. The number of aromatic nitrogens is 4. The summed E-state index contributed by atoms with van der Waals surface area (Å²) in [5.74, 6) is 0.397. The summed E-state index contributed by atoms with van der Waals surface area (Å²) in [6.07, 6.45) is -1.91. The smallest absolute Gasteiger partial charge is 0.245 e. The van der Waals surface area contributed by atoms with E-state index >= 15 is 0 Å². The van der Waals surface area contributed by atoms with Crippen molar-refractivity contribution in [2.24, 2.45) is 0 Å². The molecule has 3 rings (SSSR count). The predicted molar refractivity (Wildman–Crippen MR) is 76.2 cm³/mol. The number of aryl methyl sites for hydroxylation is 1. The van der Waals surface area contributed by atoms with Crippen LogP contribution in [0.25, 0.3) is 16.7 Å². The Kier molecular flexibility index (Phi) is 3.58. The zero-order valence-corrected chi connectivity index (χ0v) is 12.1. The molecule has 22 heavy (non-hydrogen) atoms. The van der Waals surface area contributed by atoms with Gasteiger partial charge < -0.3 is 0 Å². The van der Waals surface area contributed by atoms with Crippen LogP contribution in [0.1, 0.15) is 48.7 Å². The minimum absolute atomic E-state index is 0.204. The summed E-state index contributed by atoms with van der Waals surface area (Å²) in [5, 5.41) is 0. The van der Waals surface area contributed by atoms with Gasteiger partial charge in [0.2, 0.25) is 0 Å². The van der Waals surface area contributed by atoms with Crippen LogP contribution >= 0.6 is 0 Å². The predicted octanol–water partition coefficient (Wildman–Crippen LogP) is 3.96. The zero-order chi connectivity index (χ0) is 15.9. The van der Waals surface area contributed by atoms with E-state index in [2.05, 4.69) is 26.5 Å². The molecule has 0 spiro atoms. The van der Waals surface area contributed by atoms with Crippen molar-refractivity contribution >= 4 is 16.7 Å². The second-order valence-electron chi connectivity index (χ2n) is 5.58. The third-order valence-electron chi connectivity index (χ3n) is 3.69. The lowest BCUT2D eigenvalue weighted by atomic mass is 10.1. The van der Waals surface area contributed by atoms with E-state index in [0.717, 1.165) is 24.2 Å². The Labute approximate surface area is 125 Å². The molecule has 1 saturated carbocycles. The first kappa shape index (κ1) is 14.9. The standard InChI is InChI=1S/C15H15F3N4/c1-8(5-6-15(16,17)18)11-13-14(20-7-19-11)21-9(2)12(22-13)10-3-4-10/h7,10H,1,3-6H2,2H3. The largest absolute Gasteiger partial charge is 0.389 e. The topological polar surface area (TPSA) is 51.6 Å². The van der Waals surface area contributed by atoms with E-state index in [0.29, 0.717) is 28.3 Å². The monoisotopic (exact) mass is 308 g/mol. The summed E-state index contributed by atoms with van der Waals surface area (Å²) in [7, 11) is 0. The molecule has 0 amide bonds. The van der Waals surface area contributed by atoms with Crippen LogP contribution in [0.2, 0.25) is 0 Å². The summed E-state index contributed by atoms with van der Waals surface area (Å²) in [5.41, 5.74) is 3.24. The van der Waals surface area contributed by atoms with Crippen molar-refractivity contribution in [1.29, 1.82) is 0 Å². The Morgan fingerprint density at radius 1 is 1.27 bits per heavy atom. The van der Waals surface area contributed by atoms with Crippen molar-refractivity contribution in [2.45, 2.75) is 44.7 Å². The fraction of sp³-hybridized carbons (Fsp3) is 0.467. The Balaban J connectivity index is 1.98. The summed E-state index contributed by atoms with van der Waals surface area (Å²) < 4.78 is 37.1. The highest BCUT2D eigenvalue weighted by atomic mass is 19.4. The Morgan fingerprint density at radius 2 is 2.00 bits per heavy atom. The van der Waals surface area contributed by atoms with Crippen LogP contribution in [0.15, 0.2) is 12.9 Å². The number of fused-ring (bicyclic) bond motifs is 1. The highest BCUT2D eigenvalue weighted by Gasteiger charge is 2.29. The zero-order valence-electron chi connectivity index (χ0n) is 12.1. The van der Waals surface area contributed by atoms with Gasteiger partial charge in [0.15, 0.2) is 5.65 Å². The SMILES string of the molecule is C=C(CCC(F)(F)F)c1ncnc2nc(C)c(C3CC3)nc12. The van der Waals surface area contributed by atoms with E-state index in [-0.39, 0.29) is 6.42 Å². The molecule has 0 saturated heterocycles. The van der Waals surface area contributed by atoms with Crippen LogP contribution in [0.3, 0.4) is 0 Å². The van der Waals surface area contributed by atoms with Gasteiger partial charge in [-0.3, -0.25) is 0 Å². The lowest BCUT2D eigenvalue weighted by molar-refractivity contribution is -0.133. The third-order valence-corrected chi connectivity index (χ3v) is 3.69. The summed E-state index contributed by atoms with van der Waals surface area (Å²) in [4.78, 5) is 17.1. The van der Waals surface area contributed by atoms with Gasteiger partial charge in [-0.1, -0.05) is 6.58 Å². The van der Waals surface area contributed by atoms with Crippen LogP contribution in [-0.4, -0.2) is 26.1 Å². The van der Waals surface area contributed by atoms with Gasteiger partial charge in [0.25, 0.3) is 0 Å². The molecule has 2 heterocycles. The second-order valence-corrected chi connectivity index (χ2v) is 5.58. The molecule has 1 aliphatic rings. The maximum absolute atomic E-state index is 12.4. The van der Waals surface area contributed by atoms with Gasteiger partial charge in [0, 0.05) is 12.3 Å². The third kappa shape index (κ3) is 3.08. The summed E-state index contributed by atoms with van der Waals surface area (Å²) >= 11 is 0. The molecule has 0 N–H and O–H groups in total. The fourth-order valence-corrected chi connectivity index (χ4v) is 2.38. The molecule has 0 unspecified atom stereocenters. The maximum atomic E-state index is 12.4. The van der Waals surface area contributed by atoms with Gasteiger partial charge in [-0.15, -0.1) is 0 Å². The number of hydrogen-bond acceptors (Lipinski definition) is 4. The van der Waals surface area contributed by atoms with E-state index in [1.54, 1.807) is 0 Å². The molecular formula is C15H15F3N4. The Morgan fingerprint density at radius 3 is 2.64 bits per heavy atom. The van der Waals surface area contributed by atoms with E-state index in [1.165, 1.54) is 6.33 Å². The molecule has 1 aliphatic carbocycles. The first-order valence-corrected chi connectivity index (χ1v) is 7.09. The molecule has 2 aromatic rings. The minimum atomic E-state index is -4.22.